The van der Waals surface area contributed by atoms with E-state index >= 15 is 0 Å². The van der Waals surface area contributed by atoms with Crippen molar-refractivity contribution in [3.8, 4) is 0 Å². The van der Waals surface area contributed by atoms with Crippen LogP contribution in [0.5, 0.6) is 0 Å². The minimum absolute atomic E-state index is 0.161. The Kier molecular flexibility index (Phi) is 7.72. The largest absolute Gasteiger partial charge is 0.378 e. The molecule has 6 nitrogen and oxygen atoms in total. The second-order valence-corrected chi connectivity index (χ2v) is 10.3. The van der Waals surface area contributed by atoms with Gasteiger partial charge in [-0.15, -0.1) is 11.6 Å². The van der Waals surface area contributed by atoms with Gasteiger partial charge >= 0.3 is 0 Å². The first-order valence-corrected chi connectivity index (χ1v) is 11.1. The fourth-order valence-electron chi connectivity index (χ4n) is 2.90. The monoisotopic (exact) mass is 512 g/mol. The van der Waals surface area contributed by atoms with Crippen LogP contribution in [0.25, 0.3) is 6.08 Å². The number of nitrogens with one attached hydrogen (secondary N) is 1. The molecule has 0 bridgehead atoms. The highest BCUT2D eigenvalue weighted by molar-refractivity contribution is 6.67. The summed E-state index contributed by atoms with van der Waals surface area (Å²) in [6.45, 7) is 0. The van der Waals surface area contributed by atoms with E-state index in [2.05, 4.69) is 10.4 Å². The first-order valence-electron chi connectivity index (χ1n) is 9.54. The summed E-state index contributed by atoms with van der Waals surface area (Å²) in [4.78, 5) is 32.1. The molecule has 2 amide bonds. The van der Waals surface area contributed by atoms with Crippen molar-refractivity contribution in [3.05, 3.63) is 71.4 Å². The average molecular weight is 514 g/mol. The molecule has 0 spiro atoms. The zero-order valence-electron chi connectivity index (χ0n) is 17.2. The third-order valence-electron chi connectivity index (χ3n) is 4.52. The number of nitrogens with zero attached hydrogens (tertiary/aromatic N) is 3. The lowest BCUT2D eigenvalue weighted by Gasteiger charge is -2.22. The average Bonchev–Trinajstić information content (AvgIpc) is 3.03. The minimum atomic E-state index is -1.71. The van der Waals surface area contributed by atoms with Crippen LogP contribution in [0.1, 0.15) is 17.5 Å². The Morgan fingerprint density at radius 1 is 1.12 bits per heavy atom. The summed E-state index contributed by atoms with van der Waals surface area (Å²) in [5, 5.41) is -0.107. The highest BCUT2D eigenvalue weighted by atomic mass is 35.6. The zero-order chi connectivity index (χ0) is 23.5. The number of hydrogen-bond donors (Lipinski definition) is 1. The quantitative estimate of drug-likeness (QED) is 0.446. The lowest BCUT2D eigenvalue weighted by atomic mass is 10.1. The van der Waals surface area contributed by atoms with Crippen LogP contribution in [0.3, 0.4) is 0 Å². The van der Waals surface area contributed by atoms with Gasteiger partial charge < -0.3 is 4.90 Å². The molecule has 1 aliphatic rings. The molecule has 0 saturated heterocycles. The van der Waals surface area contributed by atoms with E-state index in [1.807, 2.05) is 49.3 Å². The van der Waals surface area contributed by atoms with E-state index in [1.54, 1.807) is 30.3 Å². The van der Waals surface area contributed by atoms with E-state index in [0.717, 1.165) is 16.3 Å². The van der Waals surface area contributed by atoms with E-state index < -0.39 is 21.0 Å². The number of rotatable bonds is 6. The molecule has 0 aromatic heterocycles. The standard InChI is InChI=1S/C22H20Cl4N4O2/c1-29(2)16-10-8-14(9-11-16)12-18-21(32)30(19(27-18)15-6-4-3-5-7-15)28-20(31)17(23)13-22(24,25)26/h3-12,17H,13H2,1-2H3,(H,28,31). The van der Waals surface area contributed by atoms with E-state index in [0.29, 0.717) is 5.56 Å². The molecule has 1 aliphatic heterocycles. The second-order valence-electron chi connectivity index (χ2n) is 7.22. The molecule has 2 aromatic carbocycles. The molecule has 1 unspecified atom stereocenters. The molecule has 0 aliphatic carbocycles. The number of carbonyl (C=O) groups is 2. The number of amides is 2. The number of aliphatic imine (C=N–C) groups is 1. The summed E-state index contributed by atoms with van der Waals surface area (Å²) in [6.07, 6.45) is 1.42. The Bertz CT molecular complexity index is 1050. The molecule has 168 valence electrons. The minimum Gasteiger partial charge on any atom is -0.378 e. The fraction of sp³-hybridized carbons (Fsp3) is 0.227. The first kappa shape index (κ1) is 24.4. The van der Waals surface area contributed by atoms with Crippen LogP contribution >= 0.6 is 46.4 Å². The van der Waals surface area contributed by atoms with Crippen molar-refractivity contribution in [2.24, 2.45) is 4.99 Å². The van der Waals surface area contributed by atoms with E-state index in [-0.39, 0.29) is 18.0 Å². The molecule has 1 heterocycles. The first-order chi connectivity index (χ1) is 15.0. The van der Waals surface area contributed by atoms with Crippen LogP contribution in [0.15, 0.2) is 65.3 Å². The van der Waals surface area contributed by atoms with E-state index in [9.17, 15) is 9.59 Å². The van der Waals surface area contributed by atoms with Gasteiger partial charge in [0, 0.05) is 31.8 Å². The number of amidine groups is 1. The normalized spacial score (nSPS) is 16.2. The predicted molar refractivity (Wildman–Crippen MR) is 131 cm³/mol. The Hall–Kier alpha value is -2.25. The van der Waals surface area contributed by atoms with Crippen LogP contribution in [0, 0.1) is 0 Å². The number of halogens is 4. The lowest BCUT2D eigenvalue weighted by molar-refractivity contribution is -0.133. The third kappa shape index (κ3) is 6.17. The smallest absolute Gasteiger partial charge is 0.297 e. The van der Waals surface area contributed by atoms with Gasteiger partial charge in [-0.3, -0.25) is 15.0 Å². The highest BCUT2D eigenvalue weighted by Gasteiger charge is 2.35. The Balaban J connectivity index is 1.90. The van der Waals surface area contributed by atoms with Crippen LogP contribution in [-0.4, -0.2) is 45.9 Å². The van der Waals surface area contributed by atoms with Crippen molar-refractivity contribution in [3.63, 3.8) is 0 Å². The number of hydrogen-bond acceptors (Lipinski definition) is 4. The Labute approximate surface area is 206 Å². The summed E-state index contributed by atoms with van der Waals surface area (Å²) >= 11 is 23.3. The molecule has 2 aromatic rings. The molecule has 10 heteroatoms. The molecular weight excluding hydrogens is 494 g/mol. The zero-order valence-corrected chi connectivity index (χ0v) is 20.3. The van der Waals surface area contributed by atoms with Crippen molar-refractivity contribution in [1.82, 2.24) is 10.4 Å². The molecule has 0 fully saturated rings. The summed E-state index contributed by atoms with van der Waals surface area (Å²) in [5.74, 6) is -0.934. The van der Waals surface area contributed by atoms with Crippen LogP contribution in [0.2, 0.25) is 0 Å². The van der Waals surface area contributed by atoms with E-state index in [4.69, 9.17) is 46.4 Å². The number of benzene rings is 2. The topological polar surface area (TPSA) is 65.0 Å². The second kappa shape index (κ2) is 10.1. The summed E-state index contributed by atoms with van der Waals surface area (Å²) in [6, 6.07) is 16.6. The number of alkyl halides is 4. The molecular formula is C22H20Cl4N4O2. The van der Waals surface area contributed by atoms with Crippen molar-refractivity contribution in [2.75, 3.05) is 19.0 Å². The summed E-state index contributed by atoms with van der Waals surface area (Å²) in [5.41, 5.74) is 5.11. The number of carbonyl (C=O) groups excluding carboxylic acids is 2. The van der Waals surface area contributed by atoms with Gasteiger partial charge in [0.15, 0.2) is 9.63 Å². The fourth-order valence-corrected chi connectivity index (χ4v) is 3.88. The van der Waals surface area contributed by atoms with Gasteiger partial charge in [0.2, 0.25) is 0 Å². The van der Waals surface area contributed by atoms with Crippen molar-refractivity contribution < 1.29 is 9.59 Å². The van der Waals surface area contributed by atoms with Crippen molar-refractivity contribution in [1.29, 1.82) is 0 Å². The van der Waals surface area contributed by atoms with Gasteiger partial charge in [0.05, 0.1) is 0 Å². The van der Waals surface area contributed by atoms with Gasteiger partial charge in [0.25, 0.3) is 11.8 Å². The molecule has 1 atom stereocenters. The van der Waals surface area contributed by atoms with Gasteiger partial charge in [-0.2, -0.15) is 5.01 Å². The van der Waals surface area contributed by atoms with Gasteiger partial charge in [0.1, 0.15) is 11.1 Å². The SMILES string of the molecule is CN(C)c1ccc(C=C2N=C(c3ccccc3)N(NC(=O)C(Cl)CC(Cl)(Cl)Cl)C2=O)cc1. The molecule has 3 rings (SSSR count). The molecule has 0 saturated carbocycles. The van der Waals surface area contributed by atoms with Gasteiger partial charge in [-0.25, -0.2) is 4.99 Å². The number of hydrazine groups is 1. The van der Waals surface area contributed by atoms with Crippen LogP contribution in [0.4, 0.5) is 5.69 Å². The van der Waals surface area contributed by atoms with Gasteiger partial charge in [-0.1, -0.05) is 77.3 Å². The maximum absolute atomic E-state index is 13.1. The van der Waals surface area contributed by atoms with Crippen molar-refractivity contribution in [2.45, 2.75) is 15.6 Å². The van der Waals surface area contributed by atoms with Crippen LogP contribution in [-0.2, 0) is 9.59 Å². The Morgan fingerprint density at radius 2 is 1.75 bits per heavy atom. The maximum atomic E-state index is 13.1. The van der Waals surface area contributed by atoms with Crippen LogP contribution < -0.4 is 10.3 Å². The summed E-state index contributed by atoms with van der Waals surface area (Å²) < 4.78 is -1.71. The highest BCUT2D eigenvalue weighted by Crippen LogP contribution is 2.33. The van der Waals surface area contributed by atoms with Gasteiger partial charge in [-0.05, 0) is 23.8 Å². The van der Waals surface area contributed by atoms with Crippen molar-refractivity contribution >= 4 is 75.8 Å². The maximum Gasteiger partial charge on any atom is 0.297 e. The molecule has 1 N–H and O–H groups in total. The predicted octanol–water partition coefficient (Wildman–Crippen LogP) is 4.78. The molecule has 0 radical (unpaired) electrons. The summed E-state index contributed by atoms with van der Waals surface area (Å²) in [7, 11) is 3.88. The Morgan fingerprint density at radius 3 is 2.31 bits per heavy atom. The molecule has 32 heavy (non-hydrogen) atoms. The number of anilines is 1. The van der Waals surface area contributed by atoms with E-state index in [1.165, 1.54) is 0 Å². The lowest BCUT2D eigenvalue weighted by Crippen LogP contribution is -2.50. The third-order valence-corrected chi connectivity index (χ3v) is 5.34.